The van der Waals surface area contributed by atoms with E-state index in [4.69, 9.17) is 0 Å². The first kappa shape index (κ1) is 12.8. The largest absolute Gasteiger partial charge is 0.330 e. The van der Waals surface area contributed by atoms with Gasteiger partial charge in [-0.05, 0) is 31.2 Å². The van der Waals surface area contributed by atoms with E-state index in [2.05, 4.69) is 10.3 Å². The maximum Gasteiger partial charge on any atom is 0.330 e. The van der Waals surface area contributed by atoms with Crippen molar-refractivity contribution in [3.05, 3.63) is 47.1 Å². The Bertz CT molecular complexity index is 652. The van der Waals surface area contributed by atoms with Crippen molar-refractivity contribution in [1.29, 1.82) is 0 Å². The second kappa shape index (κ2) is 5.34. The molecule has 1 amide bonds. The molecule has 2 aromatic rings. The standard InChI is InChI=1S/C13H13N3O3/c1-9(17)8-12(18)15-10-2-4-11(5-3-10)16-7-6-14-13(16)19/h2-7H,8H2,1H3,(H,14,19)(H,15,18). The molecule has 2 N–H and O–H groups in total. The number of amides is 1. The summed E-state index contributed by atoms with van der Waals surface area (Å²) in [6.45, 7) is 1.36. The zero-order chi connectivity index (χ0) is 13.8. The van der Waals surface area contributed by atoms with Gasteiger partial charge in [-0.3, -0.25) is 14.2 Å². The van der Waals surface area contributed by atoms with Crippen LogP contribution in [0.4, 0.5) is 5.69 Å². The smallest absolute Gasteiger partial charge is 0.326 e. The third kappa shape index (κ3) is 3.19. The number of nitrogens with zero attached hydrogens (tertiary/aromatic N) is 1. The lowest BCUT2D eigenvalue weighted by atomic mass is 10.2. The maximum absolute atomic E-state index is 11.4. The van der Waals surface area contributed by atoms with Gasteiger partial charge in [0.2, 0.25) is 5.91 Å². The molecule has 0 atom stereocenters. The monoisotopic (exact) mass is 259 g/mol. The summed E-state index contributed by atoms with van der Waals surface area (Å²) in [5.74, 6) is -0.535. The molecule has 1 heterocycles. The van der Waals surface area contributed by atoms with Gasteiger partial charge in [-0.2, -0.15) is 0 Å². The lowest BCUT2D eigenvalue weighted by Crippen LogP contribution is -2.15. The molecule has 0 aliphatic carbocycles. The number of carbonyl (C=O) groups is 2. The highest BCUT2D eigenvalue weighted by Gasteiger charge is 2.06. The SMILES string of the molecule is CC(=O)CC(=O)Nc1ccc(-n2cc[nH]c2=O)cc1. The summed E-state index contributed by atoms with van der Waals surface area (Å²) in [6, 6.07) is 6.76. The minimum Gasteiger partial charge on any atom is -0.326 e. The molecule has 0 saturated carbocycles. The van der Waals surface area contributed by atoms with Crippen molar-refractivity contribution in [3.8, 4) is 5.69 Å². The molecule has 1 aromatic heterocycles. The normalized spacial score (nSPS) is 10.2. The first-order valence-electron chi connectivity index (χ1n) is 5.72. The van der Waals surface area contributed by atoms with Crippen LogP contribution in [0.3, 0.4) is 0 Å². The molecule has 0 saturated heterocycles. The van der Waals surface area contributed by atoms with Gasteiger partial charge < -0.3 is 10.3 Å². The molecular formula is C13H13N3O3. The Morgan fingerprint density at radius 2 is 1.95 bits per heavy atom. The molecule has 0 radical (unpaired) electrons. The first-order chi connectivity index (χ1) is 9.06. The Balaban J connectivity index is 2.11. The predicted molar refractivity (Wildman–Crippen MR) is 70.3 cm³/mol. The molecule has 98 valence electrons. The Morgan fingerprint density at radius 3 is 2.47 bits per heavy atom. The van der Waals surface area contributed by atoms with Gasteiger partial charge in [-0.25, -0.2) is 4.79 Å². The van der Waals surface area contributed by atoms with E-state index in [0.29, 0.717) is 11.4 Å². The summed E-state index contributed by atoms with van der Waals surface area (Å²) in [6.07, 6.45) is 3.02. The lowest BCUT2D eigenvalue weighted by Gasteiger charge is -2.05. The van der Waals surface area contributed by atoms with Crippen molar-refractivity contribution in [2.24, 2.45) is 0 Å². The number of hydrogen-bond acceptors (Lipinski definition) is 3. The molecule has 0 fully saturated rings. The molecule has 6 nitrogen and oxygen atoms in total. The Kier molecular flexibility index (Phi) is 3.61. The fourth-order valence-corrected chi connectivity index (χ4v) is 1.66. The van der Waals surface area contributed by atoms with Gasteiger partial charge in [0, 0.05) is 18.1 Å². The molecule has 0 bridgehead atoms. The molecule has 0 unspecified atom stereocenters. The molecule has 0 spiro atoms. The number of H-pyrrole nitrogens is 1. The molecule has 2 rings (SSSR count). The number of nitrogens with one attached hydrogen (secondary N) is 2. The van der Waals surface area contributed by atoms with Crippen molar-refractivity contribution >= 4 is 17.4 Å². The number of imidazole rings is 1. The summed E-state index contributed by atoms with van der Waals surface area (Å²) in [5.41, 5.74) is 1.04. The first-order valence-corrected chi connectivity index (χ1v) is 5.72. The van der Waals surface area contributed by atoms with Crippen LogP contribution in [-0.2, 0) is 9.59 Å². The van der Waals surface area contributed by atoms with Gasteiger partial charge in [0.15, 0.2) is 0 Å². The van der Waals surface area contributed by atoms with E-state index in [9.17, 15) is 14.4 Å². The van der Waals surface area contributed by atoms with E-state index < -0.39 is 0 Å². The average molecular weight is 259 g/mol. The second-order valence-electron chi connectivity index (χ2n) is 4.11. The molecule has 0 aliphatic heterocycles. The van der Waals surface area contributed by atoms with E-state index in [0.717, 1.165) is 0 Å². The third-order valence-corrected chi connectivity index (χ3v) is 2.49. The Labute approximate surface area is 109 Å². The zero-order valence-electron chi connectivity index (χ0n) is 10.3. The van der Waals surface area contributed by atoms with Crippen LogP contribution in [0.15, 0.2) is 41.5 Å². The molecule has 6 heteroatoms. The number of aromatic amines is 1. The van der Waals surface area contributed by atoms with Crippen molar-refractivity contribution in [1.82, 2.24) is 9.55 Å². The van der Waals surface area contributed by atoms with Gasteiger partial charge in [-0.1, -0.05) is 0 Å². The van der Waals surface area contributed by atoms with Crippen LogP contribution in [0.2, 0.25) is 0 Å². The van der Waals surface area contributed by atoms with Crippen LogP contribution in [-0.4, -0.2) is 21.2 Å². The highest BCUT2D eigenvalue weighted by molar-refractivity contribution is 6.03. The highest BCUT2D eigenvalue weighted by atomic mass is 16.2. The summed E-state index contributed by atoms with van der Waals surface area (Å²) in [5, 5.41) is 2.61. The number of carbonyl (C=O) groups excluding carboxylic acids is 2. The molecule has 1 aromatic carbocycles. The van der Waals surface area contributed by atoms with Gasteiger partial charge in [-0.15, -0.1) is 0 Å². The van der Waals surface area contributed by atoms with Crippen LogP contribution in [0.5, 0.6) is 0 Å². The van der Waals surface area contributed by atoms with E-state index in [1.54, 1.807) is 36.7 Å². The minimum absolute atomic E-state index is 0.140. The zero-order valence-corrected chi connectivity index (χ0v) is 10.3. The van der Waals surface area contributed by atoms with Crippen molar-refractivity contribution in [2.45, 2.75) is 13.3 Å². The number of ketones is 1. The summed E-state index contributed by atoms with van der Waals surface area (Å²) < 4.78 is 1.45. The van der Waals surface area contributed by atoms with Crippen LogP contribution >= 0.6 is 0 Å². The van der Waals surface area contributed by atoms with Gasteiger partial charge in [0.05, 0.1) is 12.1 Å². The molecule has 0 aliphatic rings. The number of rotatable bonds is 4. The van der Waals surface area contributed by atoms with Crippen molar-refractivity contribution in [3.63, 3.8) is 0 Å². The fraction of sp³-hybridized carbons (Fsp3) is 0.154. The lowest BCUT2D eigenvalue weighted by molar-refractivity contribution is -0.124. The van der Waals surface area contributed by atoms with Gasteiger partial charge in [0.25, 0.3) is 0 Å². The maximum atomic E-state index is 11.4. The Hall–Kier alpha value is -2.63. The second-order valence-corrected chi connectivity index (χ2v) is 4.11. The highest BCUT2D eigenvalue weighted by Crippen LogP contribution is 2.12. The third-order valence-electron chi connectivity index (χ3n) is 2.49. The summed E-state index contributed by atoms with van der Waals surface area (Å²) in [7, 11) is 0. The summed E-state index contributed by atoms with van der Waals surface area (Å²) in [4.78, 5) is 36.1. The number of benzene rings is 1. The number of hydrogen-bond donors (Lipinski definition) is 2. The summed E-state index contributed by atoms with van der Waals surface area (Å²) >= 11 is 0. The fourth-order valence-electron chi connectivity index (χ4n) is 1.66. The van der Waals surface area contributed by atoms with Crippen LogP contribution < -0.4 is 11.0 Å². The molecule has 19 heavy (non-hydrogen) atoms. The topological polar surface area (TPSA) is 84.0 Å². The molecular weight excluding hydrogens is 246 g/mol. The van der Waals surface area contributed by atoms with Crippen molar-refractivity contribution in [2.75, 3.05) is 5.32 Å². The number of anilines is 1. The van der Waals surface area contributed by atoms with Crippen LogP contribution in [0.25, 0.3) is 5.69 Å². The number of Topliss-reactive ketones (excluding diaryl/α,β-unsaturated/α-hetero) is 1. The average Bonchev–Trinajstić information content (AvgIpc) is 2.75. The quantitative estimate of drug-likeness (QED) is 0.806. The van der Waals surface area contributed by atoms with Gasteiger partial charge >= 0.3 is 5.69 Å². The predicted octanol–water partition coefficient (Wildman–Crippen LogP) is 1.08. The van der Waals surface area contributed by atoms with E-state index in [-0.39, 0.29) is 23.8 Å². The number of aromatic nitrogens is 2. The van der Waals surface area contributed by atoms with Gasteiger partial charge in [0.1, 0.15) is 5.78 Å². The Morgan fingerprint density at radius 1 is 1.26 bits per heavy atom. The van der Waals surface area contributed by atoms with Crippen LogP contribution in [0, 0.1) is 0 Å². The van der Waals surface area contributed by atoms with E-state index in [1.807, 2.05) is 0 Å². The van der Waals surface area contributed by atoms with E-state index in [1.165, 1.54) is 11.5 Å². The van der Waals surface area contributed by atoms with E-state index >= 15 is 0 Å². The minimum atomic E-state index is -0.348. The van der Waals surface area contributed by atoms with Crippen LogP contribution in [0.1, 0.15) is 13.3 Å². The van der Waals surface area contributed by atoms with Crippen molar-refractivity contribution < 1.29 is 9.59 Å².